The number of hydrogen-bond donors (Lipinski definition) is 2. The lowest BCUT2D eigenvalue weighted by molar-refractivity contribution is 0.414. The molecule has 0 radical (unpaired) electrons. The highest BCUT2D eigenvalue weighted by atomic mass is 32.2. The van der Waals surface area contributed by atoms with E-state index in [-0.39, 0.29) is 4.90 Å². The molecule has 0 amide bonds. The minimum Gasteiger partial charge on any atom is -0.497 e. The third-order valence-corrected chi connectivity index (χ3v) is 6.09. The molecule has 0 fully saturated rings. The second-order valence-corrected chi connectivity index (χ2v) is 8.53. The van der Waals surface area contributed by atoms with E-state index in [9.17, 15) is 8.42 Å². The van der Waals surface area contributed by atoms with Crippen LogP contribution in [-0.4, -0.2) is 38.6 Å². The third kappa shape index (κ3) is 5.64. The lowest BCUT2D eigenvalue weighted by Gasteiger charge is -2.20. The highest BCUT2D eigenvalue weighted by Gasteiger charge is 2.14. The largest absolute Gasteiger partial charge is 0.497 e. The van der Waals surface area contributed by atoms with Crippen molar-refractivity contribution in [2.24, 2.45) is 0 Å². The summed E-state index contributed by atoms with van der Waals surface area (Å²) in [5.74, 6) is 1.95. The van der Waals surface area contributed by atoms with Gasteiger partial charge in [0.2, 0.25) is 5.95 Å². The van der Waals surface area contributed by atoms with E-state index >= 15 is 0 Å². The Bertz CT molecular complexity index is 1110. The van der Waals surface area contributed by atoms with Crippen molar-refractivity contribution in [2.45, 2.75) is 25.7 Å². The first-order valence-corrected chi connectivity index (χ1v) is 11.5. The molecule has 3 aromatic rings. The van der Waals surface area contributed by atoms with Crippen molar-refractivity contribution in [3.8, 4) is 5.75 Å². The maximum Gasteiger partial charge on any atom is 0.261 e. The lowest BCUT2D eigenvalue weighted by Crippen LogP contribution is -2.23. The number of nitrogens with one attached hydrogen (secondary N) is 2. The highest BCUT2D eigenvalue weighted by molar-refractivity contribution is 7.92. The van der Waals surface area contributed by atoms with E-state index < -0.39 is 10.0 Å². The number of aryl methyl sites for hydroxylation is 1. The van der Waals surface area contributed by atoms with Crippen LogP contribution in [-0.2, 0) is 10.0 Å². The Morgan fingerprint density at radius 1 is 0.935 bits per heavy atom. The Balaban J connectivity index is 1.73. The molecule has 0 saturated heterocycles. The summed E-state index contributed by atoms with van der Waals surface area (Å²) in [5, 5.41) is 3.18. The minimum atomic E-state index is -3.69. The summed E-state index contributed by atoms with van der Waals surface area (Å²) < 4.78 is 32.8. The number of methoxy groups -OCH3 is 1. The molecular weight excluding hydrogens is 414 g/mol. The van der Waals surface area contributed by atoms with Gasteiger partial charge in [-0.1, -0.05) is 0 Å². The van der Waals surface area contributed by atoms with Crippen molar-refractivity contribution in [2.75, 3.05) is 35.1 Å². The highest BCUT2D eigenvalue weighted by Crippen LogP contribution is 2.22. The average Bonchev–Trinajstić information content (AvgIpc) is 2.75. The molecule has 8 nitrogen and oxygen atoms in total. The van der Waals surface area contributed by atoms with E-state index in [1.807, 2.05) is 13.0 Å². The number of sulfonamides is 1. The standard InChI is InChI=1S/C22H27N5O3S/c1-5-27(6-2)21-15-16(3)23-22(25-21)24-17-7-9-18(10-8-17)26-31(28,29)20-13-11-19(30-4)12-14-20/h7-15,26H,5-6H2,1-4H3,(H,23,24,25). The van der Waals surface area contributed by atoms with Crippen molar-refractivity contribution in [3.05, 3.63) is 60.3 Å². The molecule has 0 unspecified atom stereocenters. The molecule has 9 heteroatoms. The van der Waals surface area contributed by atoms with Gasteiger partial charge in [-0.15, -0.1) is 0 Å². The number of nitrogens with zero attached hydrogens (tertiary/aromatic N) is 3. The Labute approximate surface area is 183 Å². The van der Waals surface area contributed by atoms with Gasteiger partial charge in [-0.25, -0.2) is 13.4 Å². The van der Waals surface area contributed by atoms with Gasteiger partial charge in [0.25, 0.3) is 10.0 Å². The van der Waals surface area contributed by atoms with Crippen molar-refractivity contribution >= 4 is 33.2 Å². The molecule has 164 valence electrons. The van der Waals surface area contributed by atoms with Crippen LogP contribution in [0, 0.1) is 6.92 Å². The van der Waals surface area contributed by atoms with Crippen LogP contribution in [0.25, 0.3) is 0 Å². The summed E-state index contributed by atoms with van der Waals surface area (Å²) in [4.78, 5) is 11.3. The van der Waals surface area contributed by atoms with Gasteiger partial charge in [-0.3, -0.25) is 4.72 Å². The van der Waals surface area contributed by atoms with E-state index in [2.05, 4.69) is 38.8 Å². The fourth-order valence-corrected chi connectivity index (χ4v) is 4.10. The molecule has 31 heavy (non-hydrogen) atoms. The van der Waals surface area contributed by atoms with Crippen LogP contribution >= 0.6 is 0 Å². The van der Waals surface area contributed by atoms with E-state index in [1.54, 1.807) is 36.4 Å². The molecule has 1 aromatic heterocycles. The van der Waals surface area contributed by atoms with Gasteiger partial charge in [0.05, 0.1) is 12.0 Å². The zero-order valence-electron chi connectivity index (χ0n) is 18.1. The second-order valence-electron chi connectivity index (χ2n) is 6.85. The molecule has 2 N–H and O–H groups in total. The average molecular weight is 442 g/mol. The number of benzene rings is 2. The zero-order chi connectivity index (χ0) is 22.4. The van der Waals surface area contributed by atoms with Gasteiger partial charge in [-0.05, 0) is 69.3 Å². The monoisotopic (exact) mass is 441 g/mol. The molecule has 0 saturated carbocycles. The Morgan fingerprint density at radius 2 is 1.55 bits per heavy atom. The molecule has 0 aliphatic carbocycles. The summed E-state index contributed by atoms with van der Waals surface area (Å²) in [7, 11) is -2.16. The van der Waals surface area contributed by atoms with E-state index in [1.165, 1.54) is 19.2 Å². The second kappa shape index (κ2) is 9.65. The molecule has 0 aliphatic rings. The van der Waals surface area contributed by atoms with Crippen molar-refractivity contribution in [3.63, 3.8) is 0 Å². The first-order valence-electron chi connectivity index (χ1n) is 9.99. The molecule has 0 aliphatic heterocycles. The Kier molecular flexibility index (Phi) is 6.96. The van der Waals surface area contributed by atoms with E-state index in [0.29, 0.717) is 17.4 Å². The van der Waals surface area contributed by atoms with Crippen LogP contribution in [0.15, 0.2) is 59.5 Å². The van der Waals surface area contributed by atoms with Gasteiger partial charge in [0, 0.05) is 36.2 Å². The SMILES string of the molecule is CCN(CC)c1cc(C)nc(Nc2ccc(NS(=O)(=O)c3ccc(OC)cc3)cc2)n1. The zero-order valence-corrected chi connectivity index (χ0v) is 18.9. The molecule has 1 heterocycles. The molecule has 0 atom stereocenters. The fourth-order valence-electron chi connectivity index (χ4n) is 3.04. The summed E-state index contributed by atoms with van der Waals surface area (Å²) in [6, 6.07) is 15.1. The molecule has 0 spiro atoms. The quantitative estimate of drug-likeness (QED) is 0.514. The van der Waals surface area contributed by atoms with E-state index in [4.69, 9.17) is 4.74 Å². The first-order chi connectivity index (χ1) is 14.8. The molecule has 3 rings (SSSR count). The predicted molar refractivity (Wildman–Crippen MR) is 124 cm³/mol. The van der Waals surface area contributed by atoms with E-state index in [0.717, 1.165) is 30.3 Å². The van der Waals surface area contributed by atoms with Crippen LogP contribution in [0.1, 0.15) is 19.5 Å². The van der Waals surface area contributed by atoms with Crippen LogP contribution < -0.4 is 19.7 Å². The van der Waals surface area contributed by atoms with Crippen LogP contribution in [0.2, 0.25) is 0 Å². The molecule has 0 bridgehead atoms. The number of anilines is 4. The van der Waals surface area contributed by atoms with Crippen LogP contribution in [0.3, 0.4) is 0 Å². The fraction of sp³-hybridized carbons (Fsp3) is 0.273. The summed E-state index contributed by atoms with van der Waals surface area (Å²) >= 11 is 0. The Morgan fingerprint density at radius 3 is 2.13 bits per heavy atom. The van der Waals surface area contributed by atoms with Gasteiger partial charge < -0.3 is 15.0 Å². The summed E-state index contributed by atoms with van der Waals surface area (Å²) in [6.07, 6.45) is 0. The summed E-state index contributed by atoms with van der Waals surface area (Å²) in [5.41, 5.74) is 2.07. The Hall–Kier alpha value is -3.33. The number of hydrogen-bond acceptors (Lipinski definition) is 7. The number of ether oxygens (including phenoxy) is 1. The third-order valence-electron chi connectivity index (χ3n) is 4.69. The van der Waals surface area contributed by atoms with Gasteiger partial charge in [0.1, 0.15) is 11.6 Å². The van der Waals surface area contributed by atoms with Gasteiger partial charge >= 0.3 is 0 Å². The van der Waals surface area contributed by atoms with Crippen molar-refractivity contribution < 1.29 is 13.2 Å². The van der Waals surface area contributed by atoms with Crippen LogP contribution in [0.4, 0.5) is 23.1 Å². The van der Waals surface area contributed by atoms with Gasteiger partial charge in [0.15, 0.2) is 0 Å². The maximum absolute atomic E-state index is 12.6. The molecule has 2 aromatic carbocycles. The lowest BCUT2D eigenvalue weighted by atomic mass is 10.3. The van der Waals surface area contributed by atoms with Crippen molar-refractivity contribution in [1.82, 2.24) is 9.97 Å². The predicted octanol–water partition coefficient (Wildman–Crippen LogP) is 4.18. The van der Waals surface area contributed by atoms with Gasteiger partial charge in [-0.2, -0.15) is 4.98 Å². The summed E-state index contributed by atoms with van der Waals surface area (Å²) in [6.45, 7) is 7.81. The minimum absolute atomic E-state index is 0.160. The topological polar surface area (TPSA) is 96.5 Å². The maximum atomic E-state index is 12.6. The van der Waals surface area contributed by atoms with Crippen LogP contribution in [0.5, 0.6) is 5.75 Å². The smallest absolute Gasteiger partial charge is 0.261 e. The normalized spacial score (nSPS) is 11.1. The molecular formula is C22H27N5O3S. The number of aromatic nitrogens is 2. The first kappa shape index (κ1) is 22.4. The van der Waals surface area contributed by atoms with Crippen molar-refractivity contribution in [1.29, 1.82) is 0 Å². The number of rotatable bonds is 9.